The molecule has 3 aliphatic rings. The third-order valence-electron chi connectivity index (χ3n) is 7.17. The number of hydrazone groups is 1. The van der Waals surface area contributed by atoms with Gasteiger partial charge in [0.05, 0.1) is 38.6 Å². The highest BCUT2D eigenvalue weighted by Crippen LogP contribution is 2.36. The van der Waals surface area contributed by atoms with E-state index in [9.17, 15) is 4.79 Å². The molecule has 3 heterocycles. The van der Waals surface area contributed by atoms with Crippen LogP contribution < -0.4 is 4.74 Å². The van der Waals surface area contributed by atoms with Crippen LogP contribution >= 0.6 is 0 Å². The molecule has 1 unspecified atom stereocenters. The van der Waals surface area contributed by atoms with Crippen LogP contribution in [0.1, 0.15) is 47.6 Å². The monoisotopic (exact) mass is 463 g/mol. The number of carbonyl (C=O) groups excluding carboxylic acids is 1. The van der Waals surface area contributed by atoms with Crippen molar-refractivity contribution < 1.29 is 19.0 Å². The predicted octanol–water partition coefficient (Wildman–Crippen LogP) is 3.83. The number of methoxy groups -OCH3 is 1. The van der Waals surface area contributed by atoms with Crippen molar-refractivity contribution in [2.45, 2.75) is 44.9 Å². The topological polar surface area (TPSA) is 63.6 Å². The molecule has 1 amide bonds. The van der Waals surface area contributed by atoms with Crippen molar-refractivity contribution in [3.8, 4) is 5.75 Å². The van der Waals surface area contributed by atoms with Crippen molar-refractivity contribution in [3.05, 3.63) is 64.7 Å². The van der Waals surface area contributed by atoms with Crippen LogP contribution in [0.2, 0.25) is 0 Å². The van der Waals surface area contributed by atoms with Crippen LogP contribution in [0.25, 0.3) is 0 Å². The van der Waals surface area contributed by atoms with Gasteiger partial charge in [0.1, 0.15) is 5.75 Å². The molecule has 2 fully saturated rings. The lowest BCUT2D eigenvalue weighted by atomic mass is 9.94. The quantitative estimate of drug-likeness (QED) is 0.675. The predicted molar refractivity (Wildman–Crippen MR) is 130 cm³/mol. The minimum atomic E-state index is -0.436. The zero-order valence-corrected chi connectivity index (χ0v) is 20.3. The van der Waals surface area contributed by atoms with Crippen molar-refractivity contribution in [3.63, 3.8) is 0 Å². The maximum atomic E-state index is 13.6. The summed E-state index contributed by atoms with van der Waals surface area (Å²) in [6.45, 7) is 7.42. The molecule has 0 aliphatic carbocycles. The summed E-state index contributed by atoms with van der Waals surface area (Å²) in [5.74, 6) is 0.395. The molecule has 0 aromatic heterocycles. The molecule has 2 aromatic carbocycles. The van der Waals surface area contributed by atoms with E-state index < -0.39 is 5.79 Å². The molecule has 180 valence electrons. The lowest BCUT2D eigenvalue weighted by Crippen LogP contribution is -2.48. The highest BCUT2D eigenvalue weighted by molar-refractivity contribution is 6.03. The number of piperidine rings is 1. The number of likely N-dealkylation sites (tertiary alicyclic amines) is 1. The van der Waals surface area contributed by atoms with Crippen LogP contribution in [-0.4, -0.2) is 67.3 Å². The summed E-state index contributed by atoms with van der Waals surface area (Å²) < 4.78 is 17.0. The van der Waals surface area contributed by atoms with E-state index >= 15 is 0 Å². The van der Waals surface area contributed by atoms with Gasteiger partial charge in [0.2, 0.25) is 0 Å². The number of ether oxygens (including phenoxy) is 3. The minimum absolute atomic E-state index is 0.0265. The molecular weight excluding hydrogens is 430 g/mol. The van der Waals surface area contributed by atoms with Crippen LogP contribution in [0.3, 0.4) is 0 Å². The van der Waals surface area contributed by atoms with E-state index in [2.05, 4.69) is 36.9 Å². The summed E-state index contributed by atoms with van der Waals surface area (Å²) in [6.07, 6.45) is 2.27. The van der Waals surface area contributed by atoms with Crippen molar-refractivity contribution >= 4 is 11.6 Å². The van der Waals surface area contributed by atoms with Gasteiger partial charge in [-0.15, -0.1) is 0 Å². The van der Waals surface area contributed by atoms with Gasteiger partial charge in [-0.1, -0.05) is 23.8 Å². The molecule has 7 heteroatoms. The maximum absolute atomic E-state index is 13.6. The number of hydrogen-bond donors (Lipinski definition) is 0. The fraction of sp³-hybridized carbons (Fsp3) is 0.481. The third kappa shape index (κ3) is 4.60. The standard InChI is InChI=1S/C27H33N3O4/c1-19-4-5-20(2)23(16-19)25-17-24(21-6-8-22(32-3)9-7-21)28-30(25)26(31)18-29-12-10-27(11-13-29)33-14-15-34-27/h4-9,16,25H,10-15,17-18H2,1-3H3. The Bertz CT molecular complexity index is 1070. The Balaban J connectivity index is 1.36. The van der Waals surface area contributed by atoms with Crippen LogP contribution in [0.15, 0.2) is 47.6 Å². The summed E-state index contributed by atoms with van der Waals surface area (Å²) in [5.41, 5.74) is 5.46. The number of carbonyl (C=O) groups is 1. The lowest BCUT2D eigenvalue weighted by molar-refractivity contribution is -0.186. The number of rotatable bonds is 5. The average molecular weight is 464 g/mol. The first-order chi connectivity index (χ1) is 16.5. The van der Waals surface area contributed by atoms with Crippen LogP contribution in [0, 0.1) is 13.8 Å². The Morgan fingerprint density at radius 1 is 1.09 bits per heavy atom. The van der Waals surface area contributed by atoms with Crippen molar-refractivity contribution in [2.75, 3.05) is 40.0 Å². The van der Waals surface area contributed by atoms with E-state index in [1.54, 1.807) is 12.1 Å². The van der Waals surface area contributed by atoms with Crippen molar-refractivity contribution in [1.82, 2.24) is 9.91 Å². The Hall–Kier alpha value is -2.74. The number of nitrogens with zero attached hydrogens (tertiary/aromatic N) is 3. The van der Waals surface area contributed by atoms with Crippen LogP contribution in [-0.2, 0) is 14.3 Å². The summed E-state index contributed by atoms with van der Waals surface area (Å²) in [7, 11) is 1.66. The molecule has 3 aliphatic heterocycles. The van der Waals surface area contributed by atoms with Gasteiger partial charge in [-0.05, 0) is 54.8 Å². The van der Waals surface area contributed by atoms with Crippen LogP contribution in [0.4, 0.5) is 0 Å². The SMILES string of the molecule is COc1ccc(C2=NN(C(=O)CN3CCC4(CC3)OCCO4)C(c3cc(C)ccc3C)C2)cc1. The Kier molecular flexibility index (Phi) is 6.42. The molecule has 0 bridgehead atoms. The zero-order chi connectivity index (χ0) is 23.7. The Morgan fingerprint density at radius 2 is 1.79 bits per heavy atom. The molecule has 1 atom stereocenters. The highest BCUT2D eigenvalue weighted by Gasteiger charge is 2.41. The van der Waals surface area contributed by atoms with Gasteiger partial charge in [0.15, 0.2) is 5.79 Å². The third-order valence-corrected chi connectivity index (χ3v) is 7.17. The van der Waals surface area contributed by atoms with Crippen molar-refractivity contribution in [2.24, 2.45) is 5.10 Å². The Morgan fingerprint density at radius 3 is 2.47 bits per heavy atom. The van der Waals surface area contributed by atoms with Gasteiger partial charge in [-0.25, -0.2) is 5.01 Å². The summed E-state index contributed by atoms with van der Waals surface area (Å²) in [6, 6.07) is 14.2. The smallest absolute Gasteiger partial charge is 0.257 e. The molecule has 7 nitrogen and oxygen atoms in total. The molecule has 0 N–H and O–H groups in total. The summed E-state index contributed by atoms with van der Waals surface area (Å²) in [5, 5.41) is 6.58. The number of amides is 1. The van der Waals surface area contributed by atoms with Crippen molar-refractivity contribution in [1.29, 1.82) is 0 Å². The summed E-state index contributed by atoms with van der Waals surface area (Å²) in [4.78, 5) is 15.8. The zero-order valence-electron chi connectivity index (χ0n) is 20.3. The molecule has 5 rings (SSSR count). The average Bonchev–Trinajstić information content (AvgIpc) is 3.50. The normalized spacial score (nSPS) is 22.3. The van der Waals surface area contributed by atoms with E-state index in [0.717, 1.165) is 48.5 Å². The van der Waals surface area contributed by atoms with Gasteiger partial charge < -0.3 is 14.2 Å². The molecule has 0 radical (unpaired) electrons. The molecule has 2 saturated heterocycles. The second kappa shape index (κ2) is 9.49. The number of aryl methyl sites for hydroxylation is 2. The van der Waals surface area contributed by atoms with E-state index in [4.69, 9.17) is 19.3 Å². The Labute approximate surface area is 201 Å². The fourth-order valence-electron chi connectivity index (χ4n) is 5.16. The maximum Gasteiger partial charge on any atom is 0.257 e. The van der Waals surface area contributed by atoms with Gasteiger partial charge >= 0.3 is 0 Å². The summed E-state index contributed by atoms with van der Waals surface area (Å²) >= 11 is 0. The number of hydrogen-bond acceptors (Lipinski definition) is 6. The van der Waals surface area contributed by atoms with Gasteiger partial charge in [-0.2, -0.15) is 5.10 Å². The van der Waals surface area contributed by atoms with Gasteiger partial charge in [-0.3, -0.25) is 9.69 Å². The number of benzene rings is 2. The largest absolute Gasteiger partial charge is 0.497 e. The van der Waals surface area contributed by atoms with E-state index in [1.807, 2.05) is 24.3 Å². The molecule has 34 heavy (non-hydrogen) atoms. The minimum Gasteiger partial charge on any atom is -0.497 e. The fourth-order valence-corrected chi connectivity index (χ4v) is 5.16. The molecule has 1 spiro atoms. The second-order valence-corrected chi connectivity index (χ2v) is 9.48. The van der Waals surface area contributed by atoms with Gasteiger partial charge in [0, 0.05) is 32.4 Å². The first-order valence-corrected chi connectivity index (χ1v) is 12.1. The molecule has 2 aromatic rings. The highest BCUT2D eigenvalue weighted by atomic mass is 16.7. The molecular formula is C27H33N3O4. The van der Waals surface area contributed by atoms with E-state index in [1.165, 1.54) is 11.1 Å². The first-order valence-electron chi connectivity index (χ1n) is 12.1. The molecule has 0 saturated carbocycles. The van der Waals surface area contributed by atoms with E-state index in [0.29, 0.717) is 26.2 Å². The first kappa shape index (κ1) is 23.0. The van der Waals surface area contributed by atoms with Crippen LogP contribution in [0.5, 0.6) is 5.75 Å². The second-order valence-electron chi connectivity index (χ2n) is 9.48. The van der Waals surface area contributed by atoms with E-state index in [-0.39, 0.29) is 11.9 Å². The lowest BCUT2D eigenvalue weighted by Gasteiger charge is -2.37. The van der Waals surface area contributed by atoms with Gasteiger partial charge in [0.25, 0.3) is 5.91 Å².